The number of carbonyl (C=O) groups is 1. The monoisotopic (exact) mass is 225 g/mol. The third-order valence-electron chi connectivity index (χ3n) is 3.10. The maximum atomic E-state index is 12.3. The van der Waals surface area contributed by atoms with E-state index < -0.39 is 5.41 Å². The van der Waals surface area contributed by atoms with Gasteiger partial charge in [-0.2, -0.15) is 0 Å². The molecular weight excluding hydrogens is 210 g/mol. The molecule has 1 aliphatic rings. The van der Waals surface area contributed by atoms with Gasteiger partial charge in [-0.25, -0.2) is 0 Å². The first-order chi connectivity index (χ1) is 7.05. The number of ether oxygens (including phenoxy) is 1. The number of hydrogen-bond donors (Lipinski definition) is 1. The van der Waals surface area contributed by atoms with Crippen LogP contribution in [0.3, 0.4) is 0 Å². The molecule has 1 aromatic heterocycles. The van der Waals surface area contributed by atoms with Gasteiger partial charge >= 0.3 is 0 Å². The summed E-state index contributed by atoms with van der Waals surface area (Å²) in [6.07, 6.45) is 0. The van der Waals surface area contributed by atoms with Crippen molar-refractivity contribution in [2.45, 2.75) is 19.9 Å². The van der Waals surface area contributed by atoms with Crippen LogP contribution in [-0.4, -0.2) is 25.0 Å². The highest BCUT2D eigenvalue weighted by molar-refractivity contribution is 7.12. The van der Waals surface area contributed by atoms with Crippen LogP contribution in [-0.2, 0) is 4.74 Å². The number of Topliss-reactive ketones (excluding diaryl/α,β-unsaturated/α-hetero) is 1. The predicted molar refractivity (Wildman–Crippen MR) is 60.3 cm³/mol. The second kappa shape index (κ2) is 3.70. The second-order valence-corrected chi connectivity index (χ2v) is 5.22. The summed E-state index contributed by atoms with van der Waals surface area (Å²) in [5, 5.41) is 1.94. The highest BCUT2D eigenvalue weighted by Gasteiger charge is 2.45. The lowest BCUT2D eigenvalue weighted by Crippen LogP contribution is -2.44. The predicted octanol–water partition coefficient (Wildman–Crippen LogP) is 1.60. The van der Waals surface area contributed by atoms with Gasteiger partial charge in [-0.1, -0.05) is 0 Å². The fourth-order valence-corrected chi connectivity index (χ4v) is 2.79. The first kappa shape index (κ1) is 10.8. The molecule has 1 fully saturated rings. The molecule has 0 aliphatic carbocycles. The Morgan fingerprint density at radius 3 is 2.93 bits per heavy atom. The Morgan fingerprint density at radius 1 is 1.73 bits per heavy atom. The van der Waals surface area contributed by atoms with Crippen molar-refractivity contribution in [1.29, 1.82) is 0 Å². The maximum Gasteiger partial charge on any atom is 0.182 e. The lowest BCUT2D eigenvalue weighted by Gasteiger charge is -2.24. The van der Waals surface area contributed by atoms with Crippen molar-refractivity contribution in [1.82, 2.24) is 0 Å². The van der Waals surface area contributed by atoms with E-state index in [1.54, 1.807) is 0 Å². The van der Waals surface area contributed by atoms with E-state index in [0.29, 0.717) is 13.2 Å². The summed E-state index contributed by atoms with van der Waals surface area (Å²) in [5.74, 6) is 0.125. The van der Waals surface area contributed by atoms with E-state index in [2.05, 4.69) is 0 Å². The van der Waals surface area contributed by atoms with Gasteiger partial charge in [-0.05, 0) is 30.9 Å². The quantitative estimate of drug-likeness (QED) is 0.778. The van der Waals surface area contributed by atoms with E-state index in [-0.39, 0.29) is 11.8 Å². The number of nitrogens with two attached hydrogens (primary N) is 1. The molecule has 0 saturated carbocycles. The standard InChI is InChI=1S/C11H15NO2S/c1-7-3-4-15-9(7)10(13)11(2)6-14-5-8(11)12/h3-4,8H,5-6,12H2,1-2H3. The van der Waals surface area contributed by atoms with Crippen LogP contribution in [0.5, 0.6) is 0 Å². The third-order valence-corrected chi connectivity index (χ3v) is 4.12. The van der Waals surface area contributed by atoms with Gasteiger partial charge in [0.25, 0.3) is 0 Å². The molecule has 0 amide bonds. The molecule has 1 aromatic rings. The molecule has 1 aliphatic heterocycles. The molecule has 2 unspecified atom stereocenters. The van der Waals surface area contributed by atoms with E-state index in [1.165, 1.54) is 11.3 Å². The topological polar surface area (TPSA) is 52.3 Å². The minimum Gasteiger partial charge on any atom is -0.379 e. The number of ketones is 1. The molecule has 2 N–H and O–H groups in total. The van der Waals surface area contributed by atoms with E-state index in [4.69, 9.17) is 10.5 Å². The van der Waals surface area contributed by atoms with Crippen LogP contribution in [0.2, 0.25) is 0 Å². The van der Waals surface area contributed by atoms with Gasteiger partial charge < -0.3 is 10.5 Å². The molecule has 2 heterocycles. The van der Waals surface area contributed by atoms with Crippen molar-refractivity contribution in [3.8, 4) is 0 Å². The van der Waals surface area contributed by atoms with Gasteiger partial charge in [0.2, 0.25) is 0 Å². The molecule has 0 radical (unpaired) electrons. The molecule has 2 rings (SSSR count). The van der Waals surface area contributed by atoms with Gasteiger partial charge in [-0.3, -0.25) is 4.79 Å². The SMILES string of the molecule is Cc1ccsc1C(=O)C1(C)COCC1N. The Morgan fingerprint density at radius 2 is 2.47 bits per heavy atom. The molecular formula is C11H15NO2S. The molecule has 3 nitrogen and oxygen atoms in total. The summed E-state index contributed by atoms with van der Waals surface area (Å²) in [6.45, 7) is 4.76. The summed E-state index contributed by atoms with van der Waals surface area (Å²) < 4.78 is 5.29. The zero-order chi connectivity index (χ0) is 11.1. The molecule has 1 saturated heterocycles. The highest BCUT2D eigenvalue weighted by atomic mass is 32.1. The number of carbonyl (C=O) groups excluding carboxylic acids is 1. The fraction of sp³-hybridized carbons (Fsp3) is 0.545. The number of aryl methyl sites for hydroxylation is 1. The summed E-state index contributed by atoms with van der Waals surface area (Å²) in [7, 11) is 0. The number of rotatable bonds is 2. The average Bonchev–Trinajstić information content (AvgIpc) is 2.75. The van der Waals surface area contributed by atoms with Crippen LogP contribution in [0.1, 0.15) is 22.2 Å². The van der Waals surface area contributed by atoms with Crippen molar-refractivity contribution in [2.24, 2.45) is 11.1 Å². The highest BCUT2D eigenvalue weighted by Crippen LogP contribution is 2.33. The van der Waals surface area contributed by atoms with Crippen LogP contribution in [0.4, 0.5) is 0 Å². The van der Waals surface area contributed by atoms with E-state index in [9.17, 15) is 4.79 Å². The molecule has 4 heteroatoms. The van der Waals surface area contributed by atoms with E-state index >= 15 is 0 Å². The smallest absolute Gasteiger partial charge is 0.182 e. The van der Waals surface area contributed by atoms with E-state index in [0.717, 1.165) is 10.4 Å². The summed E-state index contributed by atoms with van der Waals surface area (Å²) in [4.78, 5) is 13.1. The lowest BCUT2D eigenvalue weighted by molar-refractivity contribution is 0.0771. The zero-order valence-corrected chi connectivity index (χ0v) is 9.76. The van der Waals surface area contributed by atoms with Crippen LogP contribution >= 0.6 is 11.3 Å². The minimum absolute atomic E-state index is 0.125. The van der Waals surface area contributed by atoms with Crippen molar-refractivity contribution < 1.29 is 9.53 Å². The Labute approximate surface area is 93.2 Å². The van der Waals surface area contributed by atoms with Crippen molar-refractivity contribution in [3.63, 3.8) is 0 Å². The van der Waals surface area contributed by atoms with Gasteiger partial charge in [0.05, 0.1) is 23.5 Å². The van der Waals surface area contributed by atoms with Crippen LogP contribution < -0.4 is 5.73 Å². The largest absolute Gasteiger partial charge is 0.379 e. The van der Waals surface area contributed by atoms with Gasteiger partial charge in [0.1, 0.15) is 0 Å². The fourth-order valence-electron chi connectivity index (χ4n) is 1.79. The van der Waals surface area contributed by atoms with Crippen LogP contribution in [0, 0.1) is 12.3 Å². The molecule has 15 heavy (non-hydrogen) atoms. The van der Waals surface area contributed by atoms with Crippen LogP contribution in [0.25, 0.3) is 0 Å². The van der Waals surface area contributed by atoms with Gasteiger partial charge in [0, 0.05) is 6.04 Å². The normalized spacial score (nSPS) is 30.7. The Kier molecular flexibility index (Phi) is 2.66. The molecule has 0 spiro atoms. The van der Waals surface area contributed by atoms with Crippen LogP contribution in [0.15, 0.2) is 11.4 Å². The molecule has 0 bridgehead atoms. The lowest BCUT2D eigenvalue weighted by atomic mass is 9.80. The average molecular weight is 225 g/mol. The summed E-state index contributed by atoms with van der Waals surface area (Å²) in [6, 6.07) is 1.77. The van der Waals surface area contributed by atoms with E-state index in [1.807, 2.05) is 25.3 Å². The molecule has 0 aromatic carbocycles. The number of thiophene rings is 1. The maximum absolute atomic E-state index is 12.3. The van der Waals surface area contributed by atoms with Crippen molar-refractivity contribution >= 4 is 17.1 Å². The Hall–Kier alpha value is -0.710. The van der Waals surface area contributed by atoms with Crippen molar-refractivity contribution in [2.75, 3.05) is 13.2 Å². The molecule has 82 valence electrons. The minimum atomic E-state index is -0.546. The summed E-state index contributed by atoms with van der Waals surface area (Å²) >= 11 is 1.48. The van der Waals surface area contributed by atoms with Crippen molar-refractivity contribution in [3.05, 3.63) is 21.9 Å². The van der Waals surface area contributed by atoms with Gasteiger partial charge in [0.15, 0.2) is 5.78 Å². The number of hydrogen-bond acceptors (Lipinski definition) is 4. The Balaban J connectivity index is 2.32. The summed E-state index contributed by atoms with van der Waals surface area (Å²) in [5.41, 5.74) is 6.42. The zero-order valence-electron chi connectivity index (χ0n) is 8.95. The van der Waals surface area contributed by atoms with Gasteiger partial charge in [-0.15, -0.1) is 11.3 Å². The first-order valence-electron chi connectivity index (χ1n) is 4.98. The third kappa shape index (κ3) is 1.62. The Bertz CT molecular complexity index is 388. The first-order valence-corrected chi connectivity index (χ1v) is 5.86. The second-order valence-electron chi connectivity index (χ2n) is 4.30. The molecule has 2 atom stereocenters.